The normalized spacial score (nSPS) is 9.80. The molecule has 0 saturated carbocycles. The Morgan fingerprint density at radius 1 is 1.80 bits per heavy atom. The topological polar surface area (TPSA) is 45.8 Å². The van der Waals surface area contributed by atoms with Gasteiger partial charge in [-0.15, -0.1) is 11.6 Å². The van der Waals surface area contributed by atoms with Crippen molar-refractivity contribution in [2.75, 3.05) is 0 Å². The number of rotatable bonds is 1. The van der Waals surface area contributed by atoms with Crippen molar-refractivity contribution in [2.45, 2.75) is 5.88 Å². The Balaban J connectivity index is 3.28. The molecule has 1 rings (SSSR count). The minimum atomic E-state index is -0.905. The van der Waals surface area contributed by atoms with E-state index in [1.165, 1.54) is 0 Å². The molecule has 0 saturated heterocycles. The smallest absolute Gasteiger partial charge is 0.287 e. The van der Waals surface area contributed by atoms with Crippen LogP contribution in [-0.4, -0.2) is 9.97 Å². The van der Waals surface area contributed by atoms with E-state index in [2.05, 4.69) is 9.97 Å². The van der Waals surface area contributed by atoms with Gasteiger partial charge in [-0.05, 0) is 0 Å². The Kier molecular flexibility index (Phi) is 2.01. The number of hydrogen-bond donors (Lipinski definition) is 1. The fraction of sp³-hybridized carbons (Fsp3) is 0.200. The van der Waals surface area contributed by atoms with Crippen molar-refractivity contribution in [3.63, 3.8) is 0 Å². The van der Waals surface area contributed by atoms with E-state index in [9.17, 15) is 9.18 Å². The van der Waals surface area contributed by atoms with Gasteiger partial charge in [0.05, 0.1) is 17.9 Å². The van der Waals surface area contributed by atoms with Gasteiger partial charge in [-0.2, -0.15) is 4.39 Å². The molecule has 10 heavy (non-hydrogen) atoms. The van der Waals surface area contributed by atoms with Gasteiger partial charge in [0.2, 0.25) is 5.82 Å². The summed E-state index contributed by atoms with van der Waals surface area (Å²) in [5, 5.41) is 0. The number of nitrogens with one attached hydrogen (secondary N) is 1. The van der Waals surface area contributed by atoms with Crippen LogP contribution in [0.25, 0.3) is 0 Å². The summed E-state index contributed by atoms with van der Waals surface area (Å²) in [5.74, 6) is -0.993. The second kappa shape index (κ2) is 2.79. The minimum Gasteiger partial charge on any atom is -0.311 e. The molecule has 1 aromatic heterocycles. The van der Waals surface area contributed by atoms with E-state index in [0.29, 0.717) is 0 Å². The molecule has 0 spiro atoms. The summed E-state index contributed by atoms with van der Waals surface area (Å²) < 4.78 is 12.5. The maximum atomic E-state index is 12.5. The SMILES string of the molecule is O=c1[nH]cnc(CCl)c1F. The molecule has 54 valence electrons. The molecule has 1 aromatic rings. The average molecular weight is 163 g/mol. The average Bonchev–Trinajstić information content (AvgIpc) is 1.95. The molecule has 0 aliphatic rings. The van der Waals surface area contributed by atoms with Gasteiger partial charge in [0, 0.05) is 0 Å². The number of aromatic amines is 1. The van der Waals surface area contributed by atoms with E-state index >= 15 is 0 Å². The molecule has 0 aliphatic heterocycles. The number of nitrogens with zero attached hydrogens (tertiary/aromatic N) is 1. The number of halogens is 2. The van der Waals surface area contributed by atoms with Crippen LogP contribution in [0.5, 0.6) is 0 Å². The zero-order chi connectivity index (χ0) is 7.56. The van der Waals surface area contributed by atoms with Crippen LogP contribution in [0.2, 0.25) is 0 Å². The highest BCUT2D eigenvalue weighted by molar-refractivity contribution is 6.16. The van der Waals surface area contributed by atoms with Crippen molar-refractivity contribution >= 4 is 11.6 Å². The molecule has 0 bridgehead atoms. The molecule has 5 heteroatoms. The lowest BCUT2D eigenvalue weighted by Gasteiger charge is -1.92. The predicted octanol–water partition coefficient (Wildman–Crippen LogP) is 0.648. The van der Waals surface area contributed by atoms with E-state index in [0.717, 1.165) is 6.33 Å². The van der Waals surface area contributed by atoms with Crippen LogP contribution in [0, 0.1) is 5.82 Å². The van der Waals surface area contributed by atoms with Gasteiger partial charge in [0.1, 0.15) is 0 Å². The summed E-state index contributed by atoms with van der Waals surface area (Å²) in [6.45, 7) is 0. The van der Waals surface area contributed by atoms with Crippen molar-refractivity contribution in [3.8, 4) is 0 Å². The summed E-state index contributed by atoms with van der Waals surface area (Å²) >= 11 is 5.25. The Hall–Kier alpha value is -0.900. The third-order valence-corrected chi connectivity index (χ3v) is 1.25. The Labute approximate surface area is 60.9 Å². The van der Waals surface area contributed by atoms with Crippen LogP contribution in [0.4, 0.5) is 4.39 Å². The van der Waals surface area contributed by atoms with Gasteiger partial charge < -0.3 is 4.98 Å². The first-order valence-electron chi connectivity index (χ1n) is 2.53. The third kappa shape index (κ3) is 1.16. The zero-order valence-electron chi connectivity index (χ0n) is 4.90. The Morgan fingerprint density at radius 3 is 3.00 bits per heavy atom. The Morgan fingerprint density at radius 2 is 2.50 bits per heavy atom. The second-order valence-electron chi connectivity index (χ2n) is 1.63. The summed E-state index contributed by atoms with van der Waals surface area (Å²) in [6.07, 6.45) is 1.11. The number of H-pyrrole nitrogens is 1. The summed E-state index contributed by atoms with van der Waals surface area (Å²) in [7, 11) is 0. The molecular formula is C5H4ClFN2O. The maximum Gasteiger partial charge on any atom is 0.287 e. The predicted molar refractivity (Wildman–Crippen MR) is 34.4 cm³/mol. The standard InChI is InChI=1S/C5H4ClFN2O/c6-1-3-4(7)5(10)9-2-8-3/h2H,1H2,(H,8,9,10). The molecule has 0 fully saturated rings. The second-order valence-corrected chi connectivity index (χ2v) is 1.89. The molecule has 0 aromatic carbocycles. The highest BCUT2D eigenvalue weighted by Crippen LogP contribution is 1.98. The van der Waals surface area contributed by atoms with Gasteiger partial charge >= 0.3 is 0 Å². The van der Waals surface area contributed by atoms with E-state index in [4.69, 9.17) is 11.6 Å². The van der Waals surface area contributed by atoms with Crippen molar-refractivity contribution in [2.24, 2.45) is 0 Å². The Bertz CT molecular complexity index is 285. The summed E-state index contributed by atoms with van der Waals surface area (Å²) in [4.78, 5) is 16.0. The molecule has 3 nitrogen and oxygen atoms in total. The summed E-state index contributed by atoms with van der Waals surface area (Å²) in [6, 6.07) is 0. The molecule has 0 amide bonds. The highest BCUT2D eigenvalue weighted by Gasteiger charge is 2.04. The van der Waals surface area contributed by atoms with Crippen molar-refractivity contribution < 1.29 is 4.39 Å². The van der Waals surface area contributed by atoms with Crippen LogP contribution >= 0.6 is 11.6 Å². The first-order chi connectivity index (χ1) is 4.75. The number of hydrogen-bond acceptors (Lipinski definition) is 2. The summed E-state index contributed by atoms with van der Waals surface area (Å²) in [5.41, 5.74) is -0.809. The highest BCUT2D eigenvalue weighted by atomic mass is 35.5. The molecular weight excluding hydrogens is 159 g/mol. The van der Waals surface area contributed by atoms with Gasteiger partial charge in [-0.1, -0.05) is 0 Å². The van der Waals surface area contributed by atoms with E-state index < -0.39 is 11.4 Å². The van der Waals surface area contributed by atoms with Crippen LogP contribution in [0.3, 0.4) is 0 Å². The van der Waals surface area contributed by atoms with E-state index in [1.807, 2.05) is 0 Å². The van der Waals surface area contributed by atoms with Crippen molar-refractivity contribution in [1.82, 2.24) is 9.97 Å². The van der Waals surface area contributed by atoms with Gasteiger partial charge in [-0.3, -0.25) is 4.79 Å². The maximum absolute atomic E-state index is 12.5. The van der Waals surface area contributed by atoms with E-state index in [-0.39, 0.29) is 11.6 Å². The van der Waals surface area contributed by atoms with E-state index in [1.54, 1.807) is 0 Å². The van der Waals surface area contributed by atoms with Crippen molar-refractivity contribution in [1.29, 1.82) is 0 Å². The van der Waals surface area contributed by atoms with Gasteiger partial charge in [0.25, 0.3) is 5.56 Å². The molecule has 0 atom stereocenters. The fourth-order valence-corrected chi connectivity index (χ4v) is 0.699. The van der Waals surface area contributed by atoms with Crippen LogP contribution in [0.1, 0.15) is 5.69 Å². The van der Waals surface area contributed by atoms with Gasteiger partial charge in [0.15, 0.2) is 0 Å². The zero-order valence-corrected chi connectivity index (χ0v) is 5.65. The first kappa shape index (κ1) is 7.21. The van der Waals surface area contributed by atoms with Gasteiger partial charge in [-0.25, -0.2) is 4.98 Å². The monoisotopic (exact) mass is 162 g/mol. The third-order valence-electron chi connectivity index (χ3n) is 0.995. The lowest BCUT2D eigenvalue weighted by molar-refractivity contribution is 0.586. The van der Waals surface area contributed by atoms with Crippen molar-refractivity contribution in [3.05, 3.63) is 28.2 Å². The minimum absolute atomic E-state index is 0.0228. The number of aromatic nitrogens is 2. The van der Waals surface area contributed by atoms with Crippen LogP contribution in [0.15, 0.2) is 11.1 Å². The molecule has 0 radical (unpaired) electrons. The fourth-order valence-electron chi connectivity index (χ4n) is 0.513. The lowest BCUT2D eigenvalue weighted by atomic mass is 10.4. The number of alkyl halides is 1. The van der Waals surface area contributed by atoms with Crippen LogP contribution < -0.4 is 5.56 Å². The molecule has 1 heterocycles. The lowest BCUT2D eigenvalue weighted by Crippen LogP contribution is -2.13. The molecule has 0 aliphatic carbocycles. The molecule has 0 unspecified atom stereocenters. The van der Waals surface area contributed by atoms with Crippen LogP contribution in [-0.2, 0) is 5.88 Å². The first-order valence-corrected chi connectivity index (χ1v) is 3.07. The molecule has 1 N–H and O–H groups in total. The largest absolute Gasteiger partial charge is 0.311 e. The quantitative estimate of drug-likeness (QED) is 0.617.